The van der Waals surface area contributed by atoms with Crippen LogP contribution in [0.5, 0.6) is 0 Å². The quantitative estimate of drug-likeness (QED) is 0.817. The average molecular weight is 302 g/mol. The molecule has 2 aliphatic heterocycles. The van der Waals surface area contributed by atoms with Crippen LogP contribution in [-0.4, -0.2) is 66.9 Å². The van der Waals surface area contributed by atoms with E-state index in [0.717, 1.165) is 45.7 Å². The Kier molecular flexibility index (Phi) is 4.40. The van der Waals surface area contributed by atoms with Crippen LogP contribution in [0.4, 0.5) is 0 Å². The number of amides is 2. The molecule has 0 bridgehead atoms. The molecule has 6 nitrogen and oxygen atoms in total. The zero-order valence-electron chi connectivity index (χ0n) is 12.6. The molecular weight excluding hydrogens is 280 g/mol. The second-order valence-electron chi connectivity index (χ2n) is 5.92. The minimum absolute atomic E-state index is 0.0132. The third kappa shape index (κ3) is 3.13. The van der Waals surface area contributed by atoms with E-state index in [-0.39, 0.29) is 5.91 Å². The number of primary amides is 1. The van der Waals surface area contributed by atoms with E-state index in [0.29, 0.717) is 17.2 Å². The fourth-order valence-electron chi connectivity index (χ4n) is 3.26. The Morgan fingerprint density at radius 3 is 2.59 bits per heavy atom. The summed E-state index contributed by atoms with van der Waals surface area (Å²) in [6.45, 7) is 5.66. The Labute approximate surface area is 130 Å². The van der Waals surface area contributed by atoms with Crippen LogP contribution < -0.4 is 11.1 Å². The molecule has 22 heavy (non-hydrogen) atoms. The number of piperazine rings is 1. The molecule has 2 saturated heterocycles. The van der Waals surface area contributed by atoms with Gasteiger partial charge in [0.15, 0.2) is 0 Å². The predicted molar refractivity (Wildman–Crippen MR) is 83.7 cm³/mol. The van der Waals surface area contributed by atoms with Crippen molar-refractivity contribution < 1.29 is 9.59 Å². The highest BCUT2D eigenvalue weighted by Gasteiger charge is 2.31. The van der Waals surface area contributed by atoms with Gasteiger partial charge in [0.2, 0.25) is 5.91 Å². The van der Waals surface area contributed by atoms with Crippen molar-refractivity contribution in [1.82, 2.24) is 15.1 Å². The van der Waals surface area contributed by atoms with Gasteiger partial charge in [-0.1, -0.05) is 6.07 Å². The zero-order chi connectivity index (χ0) is 15.5. The van der Waals surface area contributed by atoms with Gasteiger partial charge in [0.1, 0.15) is 0 Å². The first-order valence-corrected chi connectivity index (χ1v) is 7.79. The Bertz CT molecular complexity index is 569. The Morgan fingerprint density at radius 2 is 1.86 bits per heavy atom. The zero-order valence-corrected chi connectivity index (χ0v) is 12.6. The van der Waals surface area contributed by atoms with Crippen LogP contribution in [-0.2, 0) is 0 Å². The fraction of sp³-hybridized carbons (Fsp3) is 0.500. The van der Waals surface area contributed by atoms with E-state index in [1.807, 2.05) is 4.90 Å². The Balaban J connectivity index is 1.66. The van der Waals surface area contributed by atoms with Gasteiger partial charge < -0.3 is 16.0 Å². The number of hydrogen-bond acceptors (Lipinski definition) is 4. The summed E-state index contributed by atoms with van der Waals surface area (Å²) in [7, 11) is 0. The van der Waals surface area contributed by atoms with Gasteiger partial charge in [-0.2, -0.15) is 0 Å². The topological polar surface area (TPSA) is 78.7 Å². The Hall–Kier alpha value is -1.92. The number of carbonyl (C=O) groups is 2. The summed E-state index contributed by atoms with van der Waals surface area (Å²) in [4.78, 5) is 28.2. The van der Waals surface area contributed by atoms with Crippen LogP contribution in [0.1, 0.15) is 27.1 Å². The molecule has 0 aromatic heterocycles. The van der Waals surface area contributed by atoms with Crippen molar-refractivity contribution in [3.05, 3.63) is 35.4 Å². The molecule has 2 aliphatic rings. The number of carbonyl (C=O) groups excluding carboxylic acids is 2. The summed E-state index contributed by atoms with van der Waals surface area (Å²) in [5.41, 5.74) is 6.20. The summed E-state index contributed by atoms with van der Waals surface area (Å²) in [6.07, 6.45) is 1.02. The second kappa shape index (κ2) is 6.46. The van der Waals surface area contributed by atoms with E-state index in [4.69, 9.17) is 5.73 Å². The minimum Gasteiger partial charge on any atom is -0.366 e. The molecule has 2 amide bonds. The lowest BCUT2D eigenvalue weighted by atomic mass is 10.1. The highest BCUT2D eigenvalue weighted by atomic mass is 16.2. The largest absolute Gasteiger partial charge is 0.366 e. The summed E-state index contributed by atoms with van der Waals surface area (Å²) in [5.74, 6) is -0.518. The van der Waals surface area contributed by atoms with Gasteiger partial charge >= 0.3 is 0 Å². The maximum Gasteiger partial charge on any atom is 0.253 e. The molecular formula is C16H22N4O2. The second-order valence-corrected chi connectivity index (χ2v) is 5.92. The summed E-state index contributed by atoms with van der Waals surface area (Å²) in [5, 5.41) is 3.35. The number of benzene rings is 1. The van der Waals surface area contributed by atoms with Gasteiger partial charge in [0.05, 0.1) is 0 Å². The number of nitrogens with one attached hydrogen (secondary N) is 1. The van der Waals surface area contributed by atoms with Gasteiger partial charge in [-0.05, 0) is 24.6 Å². The fourth-order valence-corrected chi connectivity index (χ4v) is 3.26. The molecule has 1 aromatic rings. The highest BCUT2D eigenvalue weighted by Crippen LogP contribution is 2.19. The molecule has 3 N–H and O–H groups in total. The normalized spacial score (nSPS) is 22.7. The van der Waals surface area contributed by atoms with Crippen LogP contribution in [0, 0.1) is 0 Å². The number of rotatable bonds is 3. The third-order valence-corrected chi connectivity index (χ3v) is 4.51. The highest BCUT2D eigenvalue weighted by molar-refractivity contribution is 5.99. The molecule has 0 spiro atoms. The molecule has 3 rings (SSSR count). The van der Waals surface area contributed by atoms with Gasteiger partial charge in [0.25, 0.3) is 5.91 Å². The third-order valence-electron chi connectivity index (χ3n) is 4.51. The van der Waals surface area contributed by atoms with Crippen molar-refractivity contribution in [2.75, 3.05) is 39.3 Å². The van der Waals surface area contributed by atoms with Crippen molar-refractivity contribution >= 4 is 11.8 Å². The first-order chi connectivity index (χ1) is 10.6. The SMILES string of the molecule is NC(=O)c1cccc(C(=O)N2CCC(N3CCNCC3)C2)c1. The molecule has 2 fully saturated rings. The van der Waals surface area contributed by atoms with E-state index >= 15 is 0 Å². The minimum atomic E-state index is -0.505. The number of likely N-dealkylation sites (tertiary alicyclic amines) is 1. The van der Waals surface area contributed by atoms with Crippen molar-refractivity contribution in [1.29, 1.82) is 0 Å². The van der Waals surface area contributed by atoms with Crippen LogP contribution in [0.3, 0.4) is 0 Å². The predicted octanol–water partition coefficient (Wildman–Crippen LogP) is -0.0948. The van der Waals surface area contributed by atoms with E-state index in [1.165, 1.54) is 0 Å². The van der Waals surface area contributed by atoms with Crippen LogP contribution >= 0.6 is 0 Å². The molecule has 0 saturated carbocycles. The molecule has 0 radical (unpaired) electrons. The van der Waals surface area contributed by atoms with Gasteiger partial charge in [-0.15, -0.1) is 0 Å². The summed E-state index contributed by atoms with van der Waals surface area (Å²) < 4.78 is 0. The lowest BCUT2D eigenvalue weighted by molar-refractivity contribution is 0.0773. The van der Waals surface area contributed by atoms with E-state index in [2.05, 4.69) is 10.2 Å². The summed E-state index contributed by atoms with van der Waals surface area (Å²) >= 11 is 0. The van der Waals surface area contributed by atoms with E-state index in [9.17, 15) is 9.59 Å². The van der Waals surface area contributed by atoms with Crippen LogP contribution in [0.15, 0.2) is 24.3 Å². The monoisotopic (exact) mass is 302 g/mol. The summed E-state index contributed by atoms with van der Waals surface area (Å²) in [6, 6.07) is 7.12. The standard InChI is InChI=1S/C16H22N4O2/c17-15(21)12-2-1-3-13(10-12)16(22)20-7-4-14(11-20)19-8-5-18-6-9-19/h1-3,10,14,18H,4-9,11H2,(H2,17,21). The average Bonchev–Trinajstić information content (AvgIpc) is 3.05. The lowest BCUT2D eigenvalue weighted by Gasteiger charge is -2.32. The van der Waals surface area contributed by atoms with Crippen molar-refractivity contribution in [2.24, 2.45) is 5.73 Å². The smallest absolute Gasteiger partial charge is 0.253 e. The van der Waals surface area contributed by atoms with E-state index < -0.39 is 5.91 Å². The van der Waals surface area contributed by atoms with Gasteiger partial charge in [0, 0.05) is 56.4 Å². The number of hydrogen-bond donors (Lipinski definition) is 2. The molecule has 118 valence electrons. The molecule has 1 unspecified atom stereocenters. The first-order valence-electron chi connectivity index (χ1n) is 7.79. The first kappa shape index (κ1) is 15.0. The van der Waals surface area contributed by atoms with Crippen LogP contribution in [0.25, 0.3) is 0 Å². The maximum absolute atomic E-state index is 12.6. The van der Waals surface area contributed by atoms with Gasteiger partial charge in [-0.3, -0.25) is 14.5 Å². The molecule has 6 heteroatoms. The van der Waals surface area contributed by atoms with E-state index in [1.54, 1.807) is 24.3 Å². The van der Waals surface area contributed by atoms with Crippen molar-refractivity contribution in [2.45, 2.75) is 12.5 Å². The van der Waals surface area contributed by atoms with Crippen molar-refractivity contribution in [3.8, 4) is 0 Å². The van der Waals surface area contributed by atoms with Crippen LogP contribution in [0.2, 0.25) is 0 Å². The molecule has 1 aromatic carbocycles. The van der Waals surface area contributed by atoms with Gasteiger partial charge in [-0.25, -0.2) is 0 Å². The molecule has 2 heterocycles. The maximum atomic E-state index is 12.6. The lowest BCUT2D eigenvalue weighted by Crippen LogP contribution is -2.49. The van der Waals surface area contributed by atoms with Crippen molar-refractivity contribution in [3.63, 3.8) is 0 Å². The number of nitrogens with zero attached hydrogens (tertiary/aromatic N) is 2. The number of nitrogens with two attached hydrogens (primary N) is 1. The molecule has 0 aliphatic carbocycles. The molecule has 1 atom stereocenters. The Morgan fingerprint density at radius 1 is 1.14 bits per heavy atom.